The zero-order valence-electron chi connectivity index (χ0n) is 21.5. The summed E-state index contributed by atoms with van der Waals surface area (Å²) in [5, 5.41) is 3.23. The van der Waals surface area contributed by atoms with E-state index in [4.69, 9.17) is 18.9 Å². The van der Waals surface area contributed by atoms with E-state index in [-0.39, 0.29) is 18.0 Å². The zero-order chi connectivity index (χ0) is 25.7. The van der Waals surface area contributed by atoms with Crippen molar-refractivity contribution in [3.05, 3.63) is 82.9 Å². The maximum Gasteiger partial charge on any atom is 0.251 e. The van der Waals surface area contributed by atoms with Crippen LogP contribution in [-0.4, -0.2) is 51.8 Å². The minimum Gasteiger partial charge on any atom is -0.497 e. The first kappa shape index (κ1) is 25.4. The molecule has 2 atom stereocenters. The lowest BCUT2D eigenvalue weighted by molar-refractivity contribution is 0.0877. The minimum atomic E-state index is -0.178. The second-order valence-electron chi connectivity index (χ2n) is 8.91. The molecular formula is C29H34N2O5. The fraction of sp³-hybridized carbons (Fsp3) is 0.345. The van der Waals surface area contributed by atoms with Gasteiger partial charge in [-0.05, 0) is 78.6 Å². The summed E-state index contributed by atoms with van der Waals surface area (Å²) in [5.74, 6) is 2.81. The summed E-state index contributed by atoms with van der Waals surface area (Å²) >= 11 is 0. The quantitative estimate of drug-likeness (QED) is 0.471. The average Bonchev–Trinajstić information content (AvgIpc) is 2.92. The van der Waals surface area contributed by atoms with Gasteiger partial charge in [0.2, 0.25) is 0 Å². The van der Waals surface area contributed by atoms with Crippen LogP contribution in [0.2, 0.25) is 0 Å². The lowest BCUT2D eigenvalue weighted by atomic mass is 9.87. The smallest absolute Gasteiger partial charge is 0.251 e. The van der Waals surface area contributed by atoms with Crippen LogP contribution in [0.3, 0.4) is 0 Å². The van der Waals surface area contributed by atoms with E-state index < -0.39 is 0 Å². The average molecular weight is 491 g/mol. The van der Waals surface area contributed by atoms with Crippen molar-refractivity contribution in [2.45, 2.75) is 32.0 Å². The van der Waals surface area contributed by atoms with Crippen molar-refractivity contribution >= 4 is 5.91 Å². The molecule has 0 saturated heterocycles. The van der Waals surface area contributed by atoms with Crippen LogP contribution in [0.25, 0.3) is 0 Å². The third-order valence-electron chi connectivity index (χ3n) is 6.73. The van der Waals surface area contributed by atoms with Crippen LogP contribution in [0.4, 0.5) is 0 Å². The molecule has 7 heteroatoms. The zero-order valence-corrected chi connectivity index (χ0v) is 21.5. The van der Waals surface area contributed by atoms with E-state index in [2.05, 4.69) is 35.3 Å². The number of carbonyl (C=O) groups is 1. The number of amides is 1. The fourth-order valence-corrected chi connectivity index (χ4v) is 4.91. The molecule has 0 aliphatic carbocycles. The van der Waals surface area contributed by atoms with Gasteiger partial charge in [0.05, 0.1) is 34.5 Å². The molecule has 4 rings (SSSR count). The van der Waals surface area contributed by atoms with Gasteiger partial charge >= 0.3 is 0 Å². The van der Waals surface area contributed by atoms with Crippen molar-refractivity contribution in [3.8, 4) is 23.0 Å². The van der Waals surface area contributed by atoms with Crippen LogP contribution in [-0.2, 0) is 13.0 Å². The topological polar surface area (TPSA) is 69.3 Å². The van der Waals surface area contributed by atoms with Gasteiger partial charge in [-0.1, -0.05) is 12.1 Å². The Bertz CT molecular complexity index is 1190. The Labute approximate surface area is 212 Å². The Hall–Kier alpha value is -3.71. The molecule has 0 radical (unpaired) electrons. The Morgan fingerprint density at radius 1 is 0.917 bits per heavy atom. The summed E-state index contributed by atoms with van der Waals surface area (Å²) in [4.78, 5) is 15.6. The van der Waals surface area contributed by atoms with Crippen LogP contribution in [0.15, 0.2) is 60.7 Å². The monoisotopic (exact) mass is 490 g/mol. The lowest BCUT2D eigenvalue weighted by Gasteiger charge is -2.41. The number of hydrogen-bond donors (Lipinski definition) is 1. The van der Waals surface area contributed by atoms with Crippen LogP contribution < -0.4 is 24.3 Å². The van der Waals surface area contributed by atoms with Gasteiger partial charge in [0.15, 0.2) is 11.5 Å². The lowest BCUT2D eigenvalue weighted by Crippen LogP contribution is -2.47. The van der Waals surface area contributed by atoms with E-state index in [1.807, 2.05) is 18.2 Å². The number of carbonyl (C=O) groups excluding carboxylic acids is 1. The molecule has 0 fully saturated rings. The van der Waals surface area contributed by atoms with Gasteiger partial charge in [0.25, 0.3) is 5.91 Å². The highest BCUT2D eigenvalue weighted by molar-refractivity contribution is 5.94. The van der Waals surface area contributed by atoms with Crippen molar-refractivity contribution in [1.29, 1.82) is 0 Å². The first-order valence-electron chi connectivity index (χ1n) is 12.0. The van der Waals surface area contributed by atoms with Crippen LogP contribution in [0, 0.1) is 0 Å². The molecule has 1 amide bonds. The van der Waals surface area contributed by atoms with E-state index in [9.17, 15) is 4.79 Å². The number of ether oxygens (including phenoxy) is 4. The molecule has 0 bridgehead atoms. The summed E-state index contributed by atoms with van der Waals surface area (Å²) in [6, 6.07) is 19.1. The predicted molar refractivity (Wildman–Crippen MR) is 139 cm³/mol. The van der Waals surface area contributed by atoms with Crippen molar-refractivity contribution in [3.63, 3.8) is 0 Å². The van der Waals surface area contributed by atoms with Crippen LogP contribution in [0.5, 0.6) is 23.0 Å². The molecule has 7 nitrogen and oxygen atoms in total. The molecule has 1 heterocycles. The SMILES string of the molecule is COc1ccc(C(=O)NC(C)C2c3cc(OC)c(OC)cc3CCN2Cc2cccc(OC)c2)cc1. The Balaban J connectivity index is 1.66. The molecule has 1 aliphatic heterocycles. The number of benzene rings is 3. The number of fused-ring (bicyclic) bond motifs is 1. The second-order valence-corrected chi connectivity index (χ2v) is 8.91. The molecular weight excluding hydrogens is 456 g/mol. The largest absolute Gasteiger partial charge is 0.497 e. The molecule has 3 aromatic rings. The molecule has 1 aliphatic rings. The number of rotatable bonds is 9. The summed E-state index contributed by atoms with van der Waals surface area (Å²) in [5.41, 5.74) is 4.07. The third kappa shape index (κ3) is 5.41. The van der Waals surface area contributed by atoms with Crippen LogP contribution >= 0.6 is 0 Å². The van der Waals surface area contributed by atoms with Gasteiger partial charge in [-0.25, -0.2) is 0 Å². The first-order valence-corrected chi connectivity index (χ1v) is 12.0. The summed E-state index contributed by atoms with van der Waals surface area (Å²) in [7, 11) is 6.58. The van der Waals surface area contributed by atoms with E-state index in [1.165, 1.54) is 5.56 Å². The minimum absolute atomic E-state index is 0.0676. The van der Waals surface area contributed by atoms with Gasteiger partial charge in [-0.3, -0.25) is 9.69 Å². The normalized spacial score (nSPS) is 16.0. The molecule has 1 N–H and O–H groups in total. The van der Waals surface area contributed by atoms with Crippen molar-refractivity contribution in [1.82, 2.24) is 10.2 Å². The highest BCUT2D eigenvalue weighted by Gasteiger charge is 2.34. The fourth-order valence-electron chi connectivity index (χ4n) is 4.91. The first-order chi connectivity index (χ1) is 17.5. The predicted octanol–water partition coefficient (Wildman–Crippen LogP) is 4.64. The van der Waals surface area contributed by atoms with E-state index in [1.54, 1.807) is 52.7 Å². The highest BCUT2D eigenvalue weighted by atomic mass is 16.5. The van der Waals surface area contributed by atoms with Gasteiger partial charge in [0.1, 0.15) is 11.5 Å². The van der Waals surface area contributed by atoms with Gasteiger partial charge in [-0.15, -0.1) is 0 Å². The Morgan fingerprint density at radius 3 is 2.28 bits per heavy atom. The maximum absolute atomic E-state index is 13.1. The van der Waals surface area contributed by atoms with Gasteiger partial charge in [0, 0.05) is 24.7 Å². The molecule has 0 aromatic heterocycles. The van der Waals surface area contributed by atoms with Gasteiger partial charge in [-0.2, -0.15) is 0 Å². The Morgan fingerprint density at radius 2 is 1.61 bits per heavy atom. The van der Waals surface area contributed by atoms with Crippen molar-refractivity contribution < 1.29 is 23.7 Å². The number of hydrogen-bond acceptors (Lipinski definition) is 6. The summed E-state index contributed by atoms with van der Waals surface area (Å²) in [6.07, 6.45) is 0.870. The molecule has 3 aromatic carbocycles. The van der Waals surface area contributed by atoms with Gasteiger partial charge < -0.3 is 24.3 Å². The van der Waals surface area contributed by atoms with Crippen molar-refractivity contribution in [2.75, 3.05) is 35.0 Å². The van der Waals surface area contributed by atoms with E-state index in [0.29, 0.717) is 22.8 Å². The molecule has 0 spiro atoms. The standard InChI is InChI=1S/C29H34N2O5/c1-19(30-29(32)21-9-11-23(33-2)12-10-21)28-25-17-27(36-5)26(35-4)16-22(25)13-14-31(28)18-20-7-6-8-24(15-20)34-3/h6-12,15-17,19,28H,13-14,18H2,1-5H3,(H,30,32). The molecule has 0 saturated carbocycles. The highest BCUT2D eigenvalue weighted by Crippen LogP contribution is 2.40. The molecule has 2 unspecified atom stereocenters. The second kappa shape index (κ2) is 11.4. The summed E-state index contributed by atoms with van der Waals surface area (Å²) in [6.45, 7) is 3.61. The third-order valence-corrected chi connectivity index (χ3v) is 6.73. The number of nitrogens with one attached hydrogen (secondary N) is 1. The number of methoxy groups -OCH3 is 4. The van der Waals surface area contributed by atoms with E-state index in [0.717, 1.165) is 36.4 Å². The molecule has 36 heavy (non-hydrogen) atoms. The number of nitrogens with zero attached hydrogens (tertiary/aromatic N) is 1. The van der Waals surface area contributed by atoms with E-state index >= 15 is 0 Å². The van der Waals surface area contributed by atoms with Crippen molar-refractivity contribution in [2.24, 2.45) is 0 Å². The summed E-state index contributed by atoms with van der Waals surface area (Å²) < 4.78 is 21.8. The molecule has 190 valence electrons. The van der Waals surface area contributed by atoms with Crippen LogP contribution in [0.1, 0.15) is 40.0 Å². The maximum atomic E-state index is 13.1. The Kier molecular flexibility index (Phi) is 8.00.